The van der Waals surface area contributed by atoms with E-state index < -0.39 is 0 Å². The summed E-state index contributed by atoms with van der Waals surface area (Å²) in [5.74, 6) is 0.889. The number of hydrogen-bond donors (Lipinski definition) is 1. The van der Waals surface area contributed by atoms with Gasteiger partial charge in [-0.2, -0.15) is 5.10 Å². The summed E-state index contributed by atoms with van der Waals surface area (Å²) in [6, 6.07) is 4.58. The lowest BCUT2D eigenvalue weighted by molar-refractivity contribution is -0.132. The van der Waals surface area contributed by atoms with E-state index >= 15 is 0 Å². The van der Waals surface area contributed by atoms with Crippen LogP contribution in [0.1, 0.15) is 57.1 Å². The van der Waals surface area contributed by atoms with Gasteiger partial charge in [0.2, 0.25) is 11.9 Å². The number of carbonyl (C=O) groups excluding carboxylic acids is 1. The number of carbonyl (C=O) groups is 1. The molecule has 1 saturated heterocycles. The third kappa shape index (κ3) is 3.96. The van der Waals surface area contributed by atoms with Gasteiger partial charge in [-0.05, 0) is 56.2 Å². The van der Waals surface area contributed by atoms with E-state index in [4.69, 9.17) is 28.2 Å². The molecule has 7 nitrogen and oxygen atoms in total. The molecule has 31 heavy (non-hydrogen) atoms. The highest BCUT2D eigenvalue weighted by atomic mass is 35.5. The number of piperidine rings is 1. The van der Waals surface area contributed by atoms with Gasteiger partial charge >= 0.3 is 0 Å². The highest BCUT2D eigenvalue weighted by Gasteiger charge is 2.29. The van der Waals surface area contributed by atoms with Crippen LogP contribution in [0.2, 0.25) is 10.2 Å². The van der Waals surface area contributed by atoms with Gasteiger partial charge < -0.3 is 10.2 Å². The molecule has 162 valence electrons. The van der Waals surface area contributed by atoms with Crippen LogP contribution in [0.3, 0.4) is 0 Å². The molecule has 0 radical (unpaired) electrons. The van der Waals surface area contributed by atoms with Gasteiger partial charge in [-0.15, -0.1) is 0 Å². The molecule has 0 bridgehead atoms. The summed E-state index contributed by atoms with van der Waals surface area (Å²) in [7, 11) is 0. The number of halogens is 2. The van der Waals surface area contributed by atoms with E-state index in [1.54, 1.807) is 19.3 Å². The Bertz CT molecular complexity index is 1160. The fraction of sp³-hybridized carbons (Fsp3) is 0.455. The van der Waals surface area contributed by atoms with Gasteiger partial charge in [-0.25, -0.2) is 14.6 Å². The van der Waals surface area contributed by atoms with Crippen molar-refractivity contribution < 1.29 is 4.79 Å². The summed E-state index contributed by atoms with van der Waals surface area (Å²) in [4.78, 5) is 22.9. The van der Waals surface area contributed by atoms with Crippen molar-refractivity contribution in [3.8, 4) is 0 Å². The summed E-state index contributed by atoms with van der Waals surface area (Å²) < 4.78 is 1.84. The van der Waals surface area contributed by atoms with Gasteiger partial charge in [0.25, 0.3) is 0 Å². The molecule has 1 unspecified atom stereocenters. The molecule has 2 atom stereocenters. The number of hydrogen-bond acceptors (Lipinski definition) is 5. The Labute approximate surface area is 190 Å². The van der Waals surface area contributed by atoms with Crippen LogP contribution in [0.5, 0.6) is 0 Å². The number of likely N-dealkylation sites (tertiary alicyclic amines) is 1. The molecule has 1 aromatic carbocycles. The van der Waals surface area contributed by atoms with Crippen LogP contribution in [-0.2, 0) is 4.79 Å². The van der Waals surface area contributed by atoms with Crippen molar-refractivity contribution in [2.24, 2.45) is 0 Å². The number of nitrogens with one attached hydrogen (secondary N) is 1. The van der Waals surface area contributed by atoms with Crippen molar-refractivity contribution in [3.63, 3.8) is 0 Å². The molecular formula is C22H24Cl2N6O. The highest BCUT2D eigenvalue weighted by Crippen LogP contribution is 2.40. The van der Waals surface area contributed by atoms with Crippen LogP contribution in [0.25, 0.3) is 10.9 Å². The minimum atomic E-state index is 0.127. The lowest BCUT2D eigenvalue weighted by Gasteiger charge is -2.37. The van der Waals surface area contributed by atoms with Crippen LogP contribution in [0.15, 0.2) is 24.5 Å². The highest BCUT2D eigenvalue weighted by molar-refractivity contribution is 6.32. The Morgan fingerprint density at radius 1 is 1.19 bits per heavy atom. The van der Waals surface area contributed by atoms with E-state index in [0.717, 1.165) is 53.7 Å². The van der Waals surface area contributed by atoms with Gasteiger partial charge in [0, 0.05) is 36.1 Å². The maximum Gasteiger partial charge on any atom is 0.227 e. The van der Waals surface area contributed by atoms with Crippen molar-refractivity contribution in [3.05, 3.63) is 40.3 Å². The third-order valence-corrected chi connectivity index (χ3v) is 7.00. The number of amides is 1. The van der Waals surface area contributed by atoms with Crippen LogP contribution in [-0.4, -0.2) is 43.1 Å². The lowest BCUT2D eigenvalue weighted by Crippen LogP contribution is -2.42. The largest absolute Gasteiger partial charge is 0.340 e. The van der Waals surface area contributed by atoms with Gasteiger partial charge in [0.05, 0.1) is 23.4 Å². The Balaban J connectivity index is 1.41. The smallest absolute Gasteiger partial charge is 0.227 e. The normalized spacial score (nSPS) is 21.5. The van der Waals surface area contributed by atoms with E-state index in [-0.39, 0.29) is 11.9 Å². The Kier molecular flexibility index (Phi) is 5.26. The first-order chi connectivity index (χ1) is 14.9. The molecule has 2 fully saturated rings. The van der Waals surface area contributed by atoms with E-state index in [9.17, 15) is 4.79 Å². The summed E-state index contributed by atoms with van der Waals surface area (Å²) in [6.07, 6.45) is 7.48. The number of benzene rings is 1. The quantitative estimate of drug-likeness (QED) is 0.571. The standard InChI is InChI=1S/C22H24Cl2N6O/c1-12-7-14(5-6-29(12)13(2)31)17-9-19-15(8-18(17)23)10-25-22(27-19)28-20-11-26-30(21(20)24)16-3-4-16/h8-12,14,16H,3-7H2,1-2H3,(H,25,27,28)/t12-,14?/m0/s1. The number of fused-ring (bicyclic) bond motifs is 1. The first kappa shape index (κ1) is 20.5. The maximum atomic E-state index is 11.8. The SMILES string of the molecule is CC(=O)N1CCC(c2cc3nc(Nc4cnn(C5CC5)c4Cl)ncc3cc2Cl)C[C@@H]1C. The molecule has 2 aromatic heterocycles. The fourth-order valence-corrected chi connectivity index (χ4v) is 5.09. The van der Waals surface area contributed by atoms with E-state index in [2.05, 4.69) is 28.4 Å². The first-order valence-corrected chi connectivity index (χ1v) is 11.4. The molecule has 3 aromatic rings. The monoisotopic (exact) mass is 458 g/mol. The molecule has 0 spiro atoms. The minimum Gasteiger partial charge on any atom is -0.340 e. The molecule has 1 aliphatic heterocycles. The van der Waals surface area contributed by atoms with Crippen LogP contribution >= 0.6 is 23.2 Å². The lowest BCUT2D eigenvalue weighted by atomic mass is 9.85. The van der Waals surface area contributed by atoms with E-state index in [1.807, 2.05) is 15.6 Å². The second-order valence-corrected chi connectivity index (χ2v) is 9.32. The van der Waals surface area contributed by atoms with Crippen molar-refractivity contribution in [1.82, 2.24) is 24.6 Å². The van der Waals surface area contributed by atoms with E-state index in [1.165, 1.54) is 0 Å². The van der Waals surface area contributed by atoms with Gasteiger partial charge in [0.15, 0.2) is 5.15 Å². The molecule has 9 heteroatoms. The average Bonchev–Trinajstić information content (AvgIpc) is 3.51. The second kappa shape index (κ2) is 7.95. The predicted molar refractivity (Wildman–Crippen MR) is 122 cm³/mol. The Morgan fingerprint density at radius 3 is 2.71 bits per heavy atom. The second-order valence-electron chi connectivity index (χ2n) is 8.56. The molecule has 1 N–H and O–H groups in total. The first-order valence-electron chi connectivity index (χ1n) is 10.6. The predicted octanol–water partition coefficient (Wildman–Crippen LogP) is 5.33. The van der Waals surface area contributed by atoms with Crippen molar-refractivity contribution in [2.75, 3.05) is 11.9 Å². The number of anilines is 2. The Hall–Kier alpha value is -2.38. The summed E-state index contributed by atoms with van der Waals surface area (Å²) >= 11 is 13.1. The Morgan fingerprint density at radius 2 is 2.00 bits per heavy atom. The van der Waals surface area contributed by atoms with Gasteiger partial charge in [-0.3, -0.25) is 4.79 Å². The maximum absolute atomic E-state index is 11.8. The van der Waals surface area contributed by atoms with Crippen molar-refractivity contribution in [1.29, 1.82) is 0 Å². The molecular weight excluding hydrogens is 435 g/mol. The zero-order chi connectivity index (χ0) is 21.7. The minimum absolute atomic E-state index is 0.127. The molecule has 1 saturated carbocycles. The molecule has 2 aliphatic rings. The number of rotatable bonds is 4. The summed E-state index contributed by atoms with van der Waals surface area (Å²) in [5, 5.41) is 9.74. The number of aromatic nitrogens is 4. The fourth-order valence-electron chi connectivity index (χ4n) is 4.49. The average molecular weight is 459 g/mol. The van der Waals surface area contributed by atoms with E-state index in [0.29, 0.717) is 28.7 Å². The topological polar surface area (TPSA) is 75.9 Å². The summed E-state index contributed by atoms with van der Waals surface area (Å²) in [5.41, 5.74) is 2.60. The molecule has 5 rings (SSSR count). The van der Waals surface area contributed by atoms with Gasteiger partial charge in [0.1, 0.15) is 0 Å². The molecule has 3 heterocycles. The van der Waals surface area contributed by atoms with Crippen LogP contribution in [0, 0.1) is 0 Å². The molecule has 1 amide bonds. The van der Waals surface area contributed by atoms with Crippen molar-refractivity contribution >= 4 is 51.6 Å². The van der Waals surface area contributed by atoms with Crippen LogP contribution in [0.4, 0.5) is 11.6 Å². The zero-order valence-corrected chi connectivity index (χ0v) is 19.0. The summed E-state index contributed by atoms with van der Waals surface area (Å²) in [6.45, 7) is 4.47. The zero-order valence-electron chi connectivity index (χ0n) is 17.5. The molecule has 1 aliphatic carbocycles. The van der Waals surface area contributed by atoms with Gasteiger partial charge in [-0.1, -0.05) is 23.2 Å². The number of nitrogens with zero attached hydrogens (tertiary/aromatic N) is 5. The van der Waals surface area contributed by atoms with Crippen LogP contribution < -0.4 is 5.32 Å². The third-order valence-electron chi connectivity index (χ3n) is 6.29. The van der Waals surface area contributed by atoms with Crippen molar-refractivity contribution in [2.45, 2.75) is 57.5 Å².